The van der Waals surface area contributed by atoms with Crippen LogP contribution in [0.3, 0.4) is 0 Å². The third-order valence-corrected chi connectivity index (χ3v) is 8.39. The lowest BCUT2D eigenvalue weighted by molar-refractivity contribution is 0.0281. The van der Waals surface area contributed by atoms with E-state index in [-0.39, 0.29) is 12.0 Å². The zero-order valence-electron chi connectivity index (χ0n) is 20.5. The topological polar surface area (TPSA) is 45.6 Å². The molecule has 1 unspecified atom stereocenters. The average Bonchev–Trinajstić information content (AvgIpc) is 2.87. The molecule has 1 aromatic heterocycles. The lowest BCUT2D eigenvalue weighted by Crippen LogP contribution is -2.42. The number of fused-ring (bicyclic) bond motifs is 1. The van der Waals surface area contributed by atoms with Crippen molar-refractivity contribution in [2.24, 2.45) is 11.3 Å². The van der Waals surface area contributed by atoms with Crippen molar-refractivity contribution in [1.29, 1.82) is 0 Å². The molecule has 4 rings (SSSR count). The van der Waals surface area contributed by atoms with Crippen LogP contribution in [-0.2, 0) is 0 Å². The van der Waals surface area contributed by atoms with Gasteiger partial charge in [0.1, 0.15) is 11.9 Å². The second-order valence-electron chi connectivity index (χ2n) is 10.5. The van der Waals surface area contributed by atoms with Gasteiger partial charge in [-0.2, -0.15) is 0 Å². The summed E-state index contributed by atoms with van der Waals surface area (Å²) in [6.07, 6.45) is 12.1. The number of piperidine rings is 1. The second-order valence-corrected chi connectivity index (χ2v) is 10.5. The summed E-state index contributed by atoms with van der Waals surface area (Å²) in [5.41, 5.74) is 2.23. The Morgan fingerprint density at radius 2 is 1.97 bits per heavy atom. The third-order valence-electron chi connectivity index (χ3n) is 8.39. The van der Waals surface area contributed by atoms with Crippen molar-refractivity contribution in [2.75, 3.05) is 33.4 Å². The first kappa shape index (κ1) is 24.4. The lowest BCUT2D eigenvalue weighted by atomic mass is 9.74. The number of nitrogens with zero attached hydrogens (tertiary/aromatic N) is 2. The molecule has 1 aromatic carbocycles. The average molecular weight is 457 g/mol. The Bertz CT molecular complexity index is 904. The molecule has 1 aliphatic carbocycles. The molecule has 0 amide bonds. The first-order valence-corrected chi connectivity index (χ1v) is 12.9. The number of aliphatic hydroxyl groups excluding tert-OH is 1. The number of hydrogen-bond donors (Lipinski definition) is 1. The summed E-state index contributed by atoms with van der Waals surface area (Å²) < 4.78 is 21.0. The number of benzene rings is 1. The minimum absolute atomic E-state index is 0.153. The summed E-state index contributed by atoms with van der Waals surface area (Å²) in [6.45, 7) is 5.32. The summed E-state index contributed by atoms with van der Waals surface area (Å²) in [5, 5.41) is 11.1. The SMILES string of the molecule is COc1ccc2ncc(C)c(C(F)CCC3(CO)CCN(CCC4CCCCC4)CC3)c2c1. The molecule has 1 aliphatic heterocycles. The number of aromatic nitrogens is 1. The zero-order chi connectivity index (χ0) is 23.3. The summed E-state index contributed by atoms with van der Waals surface area (Å²) in [4.78, 5) is 7.04. The van der Waals surface area contributed by atoms with Crippen molar-refractivity contribution in [3.8, 4) is 5.75 Å². The fourth-order valence-electron chi connectivity index (χ4n) is 5.99. The molecular formula is C28H41FN2O2. The normalized spacial score (nSPS) is 20.7. The fraction of sp³-hybridized carbons (Fsp3) is 0.679. The van der Waals surface area contributed by atoms with E-state index < -0.39 is 6.17 Å². The van der Waals surface area contributed by atoms with Gasteiger partial charge in [0.25, 0.3) is 0 Å². The Morgan fingerprint density at radius 3 is 2.67 bits per heavy atom. The molecule has 33 heavy (non-hydrogen) atoms. The number of ether oxygens (including phenoxy) is 1. The highest BCUT2D eigenvalue weighted by Crippen LogP contribution is 2.41. The molecule has 182 valence electrons. The first-order valence-electron chi connectivity index (χ1n) is 12.9. The number of hydrogen-bond acceptors (Lipinski definition) is 4. The van der Waals surface area contributed by atoms with Crippen molar-refractivity contribution in [2.45, 2.75) is 77.3 Å². The minimum atomic E-state index is -1.07. The Kier molecular flexibility index (Phi) is 8.24. The Morgan fingerprint density at radius 1 is 1.21 bits per heavy atom. The number of methoxy groups -OCH3 is 1. The number of pyridine rings is 1. The van der Waals surface area contributed by atoms with Gasteiger partial charge >= 0.3 is 0 Å². The van der Waals surface area contributed by atoms with E-state index in [9.17, 15) is 5.11 Å². The molecule has 1 N–H and O–H groups in total. The predicted octanol–water partition coefficient (Wildman–Crippen LogP) is 6.39. The van der Waals surface area contributed by atoms with Crippen molar-refractivity contribution >= 4 is 10.9 Å². The Hall–Kier alpha value is -1.72. The minimum Gasteiger partial charge on any atom is -0.497 e. The number of alkyl halides is 1. The van der Waals surface area contributed by atoms with E-state index in [1.165, 1.54) is 45.1 Å². The van der Waals surface area contributed by atoms with E-state index in [4.69, 9.17) is 4.74 Å². The number of aliphatic hydroxyl groups is 1. The van der Waals surface area contributed by atoms with E-state index in [0.717, 1.165) is 59.6 Å². The molecule has 2 aliphatic rings. The van der Waals surface area contributed by atoms with Gasteiger partial charge in [-0.05, 0) is 99.3 Å². The van der Waals surface area contributed by atoms with Crippen LogP contribution in [0.4, 0.5) is 4.39 Å². The maximum Gasteiger partial charge on any atom is 0.126 e. The van der Waals surface area contributed by atoms with Crippen molar-refractivity contribution in [3.05, 3.63) is 35.5 Å². The smallest absolute Gasteiger partial charge is 0.126 e. The molecule has 2 aromatic rings. The molecule has 0 spiro atoms. The van der Waals surface area contributed by atoms with E-state index in [0.29, 0.717) is 12.8 Å². The van der Waals surface area contributed by atoms with Crippen LogP contribution in [0.5, 0.6) is 5.75 Å². The van der Waals surface area contributed by atoms with Gasteiger partial charge in [0, 0.05) is 18.2 Å². The molecule has 5 heteroatoms. The van der Waals surface area contributed by atoms with Crippen LogP contribution < -0.4 is 4.74 Å². The van der Waals surface area contributed by atoms with Crippen LogP contribution in [0.2, 0.25) is 0 Å². The molecule has 4 nitrogen and oxygen atoms in total. The highest BCUT2D eigenvalue weighted by Gasteiger charge is 2.35. The number of halogens is 1. The van der Waals surface area contributed by atoms with Crippen molar-refractivity contribution in [1.82, 2.24) is 9.88 Å². The van der Waals surface area contributed by atoms with E-state index in [1.54, 1.807) is 13.3 Å². The zero-order valence-corrected chi connectivity index (χ0v) is 20.5. The maximum atomic E-state index is 15.7. The van der Waals surface area contributed by atoms with Gasteiger partial charge in [0.15, 0.2) is 0 Å². The van der Waals surface area contributed by atoms with Crippen LogP contribution in [0, 0.1) is 18.3 Å². The summed E-state index contributed by atoms with van der Waals surface area (Å²) in [5.74, 6) is 1.63. The van der Waals surface area contributed by atoms with Gasteiger partial charge in [0.05, 0.1) is 12.6 Å². The number of aryl methyl sites for hydroxylation is 1. The second kappa shape index (κ2) is 11.1. The quantitative estimate of drug-likeness (QED) is 0.475. The van der Waals surface area contributed by atoms with Crippen LogP contribution >= 0.6 is 0 Å². The van der Waals surface area contributed by atoms with Gasteiger partial charge < -0.3 is 14.7 Å². The molecule has 2 heterocycles. The highest BCUT2D eigenvalue weighted by molar-refractivity contribution is 5.84. The van der Waals surface area contributed by atoms with E-state index in [1.807, 2.05) is 25.1 Å². The molecule has 0 radical (unpaired) electrons. The van der Waals surface area contributed by atoms with Crippen LogP contribution in [-0.4, -0.2) is 48.3 Å². The molecule has 2 fully saturated rings. The third kappa shape index (κ3) is 5.86. The molecule has 1 atom stereocenters. The lowest BCUT2D eigenvalue weighted by Gasteiger charge is -2.41. The molecular weight excluding hydrogens is 415 g/mol. The highest BCUT2D eigenvalue weighted by atomic mass is 19.1. The van der Waals surface area contributed by atoms with Gasteiger partial charge in [-0.25, -0.2) is 4.39 Å². The largest absolute Gasteiger partial charge is 0.497 e. The maximum absolute atomic E-state index is 15.7. The van der Waals surface area contributed by atoms with Gasteiger partial charge in [-0.15, -0.1) is 0 Å². The van der Waals surface area contributed by atoms with E-state index in [2.05, 4.69) is 9.88 Å². The van der Waals surface area contributed by atoms with Gasteiger partial charge in [0.2, 0.25) is 0 Å². The number of likely N-dealkylation sites (tertiary alicyclic amines) is 1. The van der Waals surface area contributed by atoms with Gasteiger partial charge in [-0.1, -0.05) is 32.1 Å². The first-order chi connectivity index (χ1) is 16.0. The Labute approximate surface area is 198 Å². The Balaban J connectivity index is 1.35. The van der Waals surface area contributed by atoms with Crippen molar-refractivity contribution in [3.63, 3.8) is 0 Å². The van der Waals surface area contributed by atoms with Crippen LogP contribution in [0.25, 0.3) is 10.9 Å². The monoisotopic (exact) mass is 456 g/mol. The molecule has 0 bridgehead atoms. The fourth-order valence-corrected chi connectivity index (χ4v) is 5.99. The van der Waals surface area contributed by atoms with Crippen molar-refractivity contribution < 1.29 is 14.2 Å². The standard InChI is InChI=1S/C28H41FN2O2/c1-21-19-30-26-9-8-23(33-2)18-24(26)27(21)25(29)10-12-28(20-32)13-16-31(17-14-28)15-11-22-6-4-3-5-7-22/h8-9,18-19,22,25,32H,3-7,10-17,20H2,1-2H3. The number of rotatable bonds is 9. The van der Waals surface area contributed by atoms with E-state index >= 15 is 4.39 Å². The van der Waals surface area contributed by atoms with Gasteiger partial charge in [-0.3, -0.25) is 4.98 Å². The summed E-state index contributed by atoms with van der Waals surface area (Å²) in [6, 6.07) is 5.65. The molecule has 1 saturated heterocycles. The molecule has 1 saturated carbocycles. The summed E-state index contributed by atoms with van der Waals surface area (Å²) >= 11 is 0. The summed E-state index contributed by atoms with van der Waals surface area (Å²) in [7, 11) is 1.63. The van der Waals surface area contributed by atoms with Crippen LogP contribution in [0.1, 0.15) is 81.5 Å². The van der Waals surface area contributed by atoms with Crippen LogP contribution in [0.15, 0.2) is 24.4 Å². The predicted molar refractivity (Wildman–Crippen MR) is 132 cm³/mol.